The Morgan fingerprint density at radius 1 is 1.25 bits per heavy atom. The third-order valence-corrected chi connectivity index (χ3v) is 3.26. The van der Waals surface area contributed by atoms with Crippen molar-refractivity contribution in [2.24, 2.45) is 0 Å². The molecule has 0 unspecified atom stereocenters. The van der Waals surface area contributed by atoms with Gasteiger partial charge in [-0.3, -0.25) is 4.98 Å². The zero-order valence-electron chi connectivity index (χ0n) is 11.7. The molecule has 0 aliphatic carbocycles. The summed E-state index contributed by atoms with van der Waals surface area (Å²) in [6.45, 7) is 3.99. The molecule has 2 rings (SSSR count). The van der Waals surface area contributed by atoms with Crippen LogP contribution >= 0.6 is 11.6 Å². The van der Waals surface area contributed by atoms with Gasteiger partial charge in [-0.15, -0.1) is 0 Å². The first-order valence-corrected chi connectivity index (χ1v) is 6.75. The Morgan fingerprint density at radius 2 is 2.00 bits per heavy atom. The summed E-state index contributed by atoms with van der Waals surface area (Å²) >= 11 is 5.99. The lowest BCUT2D eigenvalue weighted by atomic mass is 9.99. The highest BCUT2D eigenvalue weighted by molar-refractivity contribution is 6.30. The molecule has 4 heteroatoms. The fourth-order valence-electron chi connectivity index (χ4n) is 2.03. The molecule has 0 N–H and O–H groups in total. The molecule has 0 aliphatic heterocycles. The largest absolute Gasteiger partial charge is 0.465 e. The van der Waals surface area contributed by atoms with Crippen molar-refractivity contribution < 1.29 is 9.53 Å². The monoisotopic (exact) mass is 289 g/mol. The Labute approximate surface area is 123 Å². The summed E-state index contributed by atoms with van der Waals surface area (Å²) in [4.78, 5) is 16.3. The minimum Gasteiger partial charge on any atom is -0.465 e. The number of halogens is 1. The van der Waals surface area contributed by atoms with E-state index in [4.69, 9.17) is 16.3 Å². The van der Waals surface area contributed by atoms with Gasteiger partial charge in [0.2, 0.25) is 0 Å². The zero-order chi connectivity index (χ0) is 14.7. The minimum absolute atomic E-state index is 0.150. The number of hydrogen-bond acceptors (Lipinski definition) is 3. The first-order chi connectivity index (χ1) is 9.52. The van der Waals surface area contributed by atoms with Crippen LogP contribution in [0.25, 0.3) is 11.1 Å². The second kappa shape index (κ2) is 6.06. The molecule has 1 heterocycles. The molecule has 1 aromatic heterocycles. The number of carbonyl (C=O) groups is 1. The van der Waals surface area contributed by atoms with Gasteiger partial charge in [0.15, 0.2) is 0 Å². The van der Waals surface area contributed by atoms with Gasteiger partial charge in [-0.05, 0) is 29.7 Å². The summed E-state index contributed by atoms with van der Waals surface area (Å²) in [5.74, 6) is -0.220. The molecule has 0 fully saturated rings. The maximum absolute atomic E-state index is 11.9. The predicted octanol–water partition coefficient (Wildman–Crippen LogP) is 4.31. The fourth-order valence-corrected chi connectivity index (χ4v) is 2.23. The van der Waals surface area contributed by atoms with Crippen molar-refractivity contribution in [1.29, 1.82) is 0 Å². The lowest BCUT2D eigenvalue weighted by Gasteiger charge is -2.12. The van der Waals surface area contributed by atoms with E-state index in [9.17, 15) is 4.79 Å². The van der Waals surface area contributed by atoms with Crippen LogP contribution in [0.15, 0.2) is 36.5 Å². The number of rotatable bonds is 3. The third-order valence-electron chi connectivity index (χ3n) is 3.03. The average molecular weight is 290 g/mol. The molecule has 0 saturated heterocycles. The molecule has 0 amide bonds. The number of methoxy groups -OCH3 is 1. The molecule has 20 heavy (non-hydrogen) atoms. The molecular formula is C16H16ClNO2. The smallest absolute Gasteiger partial charge is 0.339 e. The Hall–Kier alpha value is -1.87. The van der Waals surface area contributed by atoms with Crippen molar-refractivity contribution in [3.63, 3.8) is 0 Å². The summed E-state index contributed by atoms with van der Waals surface area (Å²) in [6, 6.07) is 9.25. The normalized spacial score (nSPS) is 10.7. The van der Waals surface area contributed by atoms with Crippen molar-refractivity contribution in [2.75, 3.05) is 7.11 Å². The van der Waals surface area contributed by atoms with Crippen LogP contribution in [0.4, 0.5) is 0 Å². The second-order valence-electron chi connectivity index (χ2n) is 4.81. The first-order valence-electron chi connectivity index (χ1n) is 6.37. The summed E-state index contributed by atoms with van der Waals surface area (Å²) in [7, 11) is 1.37. The van der Waals surface area contributed by atoms with Crippen LogP contribution in [0.2, 0.25) is 5.02 Å². The van der Waals surface area contributed by atoms with Gasteiger partial charge < -0.3 is 4.74 Å². The van der Waals surface area contributed by atoms with Crippen LogP contribution in [0.1, 0.15) is 35.8 Å². The summed E-state index contributed by atoms with van der Waals surface area (Å²) < 4.78 is 4.84. The van der Waals surface area contributed by atoms with Crippen LogP contribution in [-0.4, -0.2) is 18.1 Å². The van der Waals surface area contributed by atoms with E-state index in [1.54, 1.807) is 12.3 Å². The number of benzene rings is 1. The third kappa shape index (κ3) is 2.99. The minimum atomic E-state index is -0.370. The summed E-state index contributed by atoms with van der Waals surface area (Å²) in [6.07, 6.45) is 1.76. The van der Waals surface area contributed by atoms with Crippen LogP contribution in [-0.2, 0) is 4.74 Å². The molecular weight excluding hydrogens is 274 g/mol. The lowest BCUT2D eigenvalue weighted by molar-refractivity contribution is 0.0598. The van der Waals surface area contributed by atoms with Gasteiger partial charge in [-0.2, -0.15) is 0 Å². The molecule has 104 valence electrons. The molecule has 0 saturated carbocycles. The van der Waals surface area contributed by atoms with E-state index in [-0.39, 0.29) is 11.9 Å². The van der Waals surface area contributed by atoms with Gasteiger partial charge in [0, 0.05) is 16.8 Å². The Balaban J connectivity index is 2.55. The molecule has 0 aliphatic rings. The van der Waals surface area contributed by atoms with Gasteiger partial charge in [0.05, 0.1) is 18.4 Å². The Kier molecular flexibility index (Phi) is 4.40. The van der Waals surface area contributed by atoms with Gasteiger partial charge in [-0.25, -0.2) is 4.79 Å². The Morgan fingerprint density at radius 3 is 2.60 bits per heavy atom. The molecule has 2 aromatic rings. The molecule has 3 nitrogen and oxygen atoms in total. The predicted molar refractivity (Wildman–Crippen MR) is 80.1 cm³/mol. The molecule has 0 bridgehead atoms. The van der Waals surface area contributed by atoms with Crippen LogP contribution in [0.3, 0.4) is 0 Å². The van der Waals surface area contributed by atoms with Crippen molar-refractivity contribution in [2.45, 2.75) is 19.8 Å². The highest BCUT2D eigenvalue weighted by Crippen LogP contribution is 2.26. The number of esters is 1. The maximum Gasteiger partial charge on any atom is 0.339 e. The van der Waals surface area contributed by atoms with Gasteiger partial charge >= 0.3 is 5.97 Å². The topological polar surface area (TPSA) is 39.2 Å². The van der Waals surface area contributed by atoms with Crippen molar-refractivity contribution in [1.82, 2.24) is 4.98 Å². The van der Waals surface area contributed by atoms with E-state index in [1.807, 2.05) is 38.1 Å². The fraction of sp³-hybridized carbons (Fsp3) is 0.250. The van der Waals surface area contributed by atoms with E-state index in [0.29, 0.717) is 10.6 Å². The van der Waals surface area contributed by atoms with E-state index < -0.39 is 0 Å². The lowest BCUT2D eigenvalue weighted by Crippen LogP contribution is -2.09. The van der Waals surface area contributed by atoms with Gasteiger partial charge in [0.1, 0.15) is 0 Å². The number of ether oxygens (including phenoxy) is 1. The second-order valence-corrected chi connectivity index (χ2v) is 5.25. The van der Waals surface area contributed by atoms with Crippen LogP contribution < -0.4 is 0 Å². The summed E-state index contributed by atoms with van der Waals surface area (Å²) in [5, 5.41) is 0.648. The highest BCUT2D eigenvalue weighted by Gasteiger charge is 2.17. The molecule has 1 aromatic carbocycles. The maximum atomic E-state index is 11.9. The quantitative estimate of drug-likeness (QED) is 0.790. The van der Waals surface area contributed by atoms with E-state index in [1.165, 1.54) is 7.11 Å². The van der Waals surface area contributed by atoms with Gasteiger partial charge in [0.25, 0.3) is 0 Å². The van der Waals surface area contributed by atoms with Crippen molar-refractivity contribution >= 4 is 17.6 Å². The van der Waals surface area contributed by atoms with Crippen LogP contribution in [0, 0.1) is 0 Å². The van der Waals surface area contributed by atoms with Gasteiger partial charge in [-0.1, -0.05) is 37.6 Å². The van der Waals surface area contributed by atoms with E-state index in [0.717, 1.165) is 16.8 Å². The molecule has 0 radical (unpaired) electrons. The van der Waals surface area contributed by atoms with Crippen molar-refractivity contribution in [3.8, 4) is 11.1 Å². The standard InChI is InChI=1S/C16H16ClNO2/c1-10(2)15-14(16(19)20-3)8-12(9-18-15)11-5-4-6-13(17)7-11/h4-10H,1-3H3. The molecule has 0 atom stereocenters. The highest BCUT2D eigenvalue weighted by atomic mass is 35.5. The zero-order valence-corrected chi connectivity index (χ0v) is 12.4. The number of pyridine rings is 1. The number of hydrogen-bond donors (Lipinski definition) is 0. The van der Waals surface area contributed by atoms with Crippen molar-refractivity contribution in [3.05, 3.63) is 52.8 Å². The summed E-state index contributed by atoms with van der Waals surface area (Å²) in [5.41, 5.74) is 3.00. The average Bonchev–Trinajstić information content (AvgIpc) is 2.45. The van der Waals surface area contributed by atoms with Crippen LogP contribution in [0.5, 0.6) is 0 Å². The molecule has 0 spiro atoms. The van der Waals surface area contributed by atoms with E-state index in [2.05, 4.69) is 4.98 Å². The SMILES string of the molecule is COC(=O)c1cc(-c2cccc(Cl)c2)cnc1C(C)C. The number of carbonyl (C=O) groups excluding carboxylic acids is 1. The number of nitrogens with zero attached hydrogens (tertiary/aromatic N) is 1. The Bertz CT molecular complexity index is 638. The number of aromatic nitrogens is 1. The van der Waals surface area contributed by atoms with E-state index >= 15 is 0 Å². The first kappa shape index (κ1) is 14.5.